The zero-order chi connectivity index (χ0) is 47.4. The average molecular weight is 972 g/mol. The van der Waals surface area contributed by atoms with Gasteiger partial charge in [0.2, 0.25) is 0 Å². The van der Waals surface area contributed by atoms with Crippen LogP contribution in [0.25, 0.3) is 0 Å². The highest BCUT2D eigenvalue weighted by Gasteiger charge is 2.56. The number of β-lactam (4-membered cyclic amide) rings is 1. The number of carbonyl (C=O) groups excluding carboxylic acids is 5. The van der Waals surface area contributed by atoms with Crippen molar-refractivity contribution >= 4 is 77.9 Å². The lowest BCUT2D eigenvalue weighted by molar-refractivity contribution is -0.916. The van der Waals surface area contributed by atoms with Crippen LogP contribution in [0.3, 0.4) is 0 Å². The third-order valence-electron chi connectivity index (χ3n) is 12.2. The Balaban J connectivity index is 0.965. The molecule has 3 saturated heterocycles. The van der Waals surface area contributed by atoms with E-state index in [-0.39, 0.29) is 65.4 Å². The number of Topliss-reactive ketones (excluding diaryl/α,β-unsaturated/α-hetero) is 1. The molecule has 4 aliphatic rings. The molecule has 0 saturated carbocycles. The first-order valence-electron chi connectivity index (χ1n) is 21.5. The van der Waals surface area contributed by atoms with Crippen molar-refractivity contribution in [2.24, 2.45) is 5.16 Å². The summed E-state index contributed by atoms with van der Waals surface area (Å²) in [4.78, 5) is 79.6. The number of carbonyl (C=O) groups is 5. The van der Waals surface area contributed by atoms with Crippen LogP contribution in [0.4, 0.5) is 0 Å². The fourth-order valence-corrected chi connectivity index (χ4v) is 11.0. The third kappa shape index (κ3) is 10.1. The number of rotatable bonds is 18. The van der Waals surface area contributed by atoms with E-state index in [1.54, 1.807) is 38.7 Å². The van der Waals surface area contributed by atoms with E-state index in [9.17, 15) is 24.0 Å². The Kier molecular flexibility index (Phi) is 14.4. The minimum atomic E-state index is -0.969. The molecule has 3 aromatic carbocycles. The van der Waals surface area contributed by atoms with Crippen molar-refractivity contribution in [1.29, 1.82) is 0 Å². The molecule has 350 valence electrons. The van der Waals surface area contributed by atoms with Crippen LogP contribution in [0, 0.1) is 6.92 Å². The minimum absolute atomic E-state index is 0.111. The predicted molar refractivity (Wildman–Crippen MR) is 252 cm³/mol. The van der Waals surface area contributed by atoms with Gasteiger partial charge in [-0.3, -0.25) is 24.1 Å². The second-order valence-electron chi connectivity index (χ2n) is 16.6. The number of hydrogen-bond acceptors (Lipinski definition) is 15. The fourth-order valence-electron chi connectivity index (χ4n) is 8.74. The van der Waals surface area contributed by atoms with Crippen LogP contribution in [-0.4, -0.2) is 139 Å². The molecule has 1 aromatic heterocycles. The molecule has 0 aliphatic carbocycles. The third-order valence-corrected chi connectivity index (χ3v) is 14.7. The Hall–Kier alpha value is -6.09. The van der Waals surface area contributed by atoms with Gasteiger partial charge in [-0.2, -0.15) is 0 Å². The molecule has 0 spiro atoms. The molecule has 67 heavy (non-hydrogen) atoms. The van der Waals surface area contributed by atoms with Gasteiger partial charge in [-0.15, -0.1) is 23.1 Å². The van der Waals surface area contributed by atoms with E-state index in [0.29, 0.717) is 58.5 Å². The van der Waals surface area contributed by atoms with Crippen LogP contribution in [0.1, 0.15) is 45.5 Å². The minimum Gasteiger partial charge on any atom is -0.539 e. The van der Waals surface area contributed by atoms with Gasteiger partial charge in [0.25, 0.3) is 17.7 Å². The zero-order valence-corrected chi connectivity index (χ0v) is 40.0. The highest BCUT2D eigenvalue weighted by atomic mass is 35.5. The second kappa shape index (κ2) is 20.4. The average Bonchev–Trinajstić information content (AvgIpc) is 3.92. The second-order valence-corrected chi connectivity index (χ2v) is 19.1. The molecule has 8 rings (SSSR count). The van der Waals surface area contributed by atoms with Gasteiger partial charge in [0.05, 0.1) is 62.0 Å². The van der Waals surface area contributed by atoms with Crippen LogP contribution in [0.2, 0.25) is 5.02 Å². The number of hydrogen-bond donors (Lipinski definition) is 1. The van der Waals surface area contributed by atoms with E-state index in [0.717, 1.165) is 35.4 Å². The largest absolute Gasteiger partial charge is 0.539 e. The molecule has 3 amide bonds. The van der Waals surface area contributed by atoms with Crippen molar-refractivity contribution in [3.05, 3.63) is 110 Å². The van der Waals surface area contributed by atoms with Gasteiger partial charge in [0.15, 0.2) is 29.6 Å². The molecule has 2 bridgehead atoms. The van der Waals surface area contributed by atoms with Crippen LogP contribution in [-0.2, 0) is 41.9 Å². The maximum absolute atomic E-state index is 14.5. The predicted octanol–water partition coefficient (Wildman–Crippen LogP) is 4.08. The Bertz CT molecular complexity index is 2630. The number of nitrogens with zero attached hydrogens (tertiary/aromatic N) is 5. The standard InChI is InChI=1S/C46H48BClN6O11S2/c1-26(55)21-64-51-38(35-25-66-27(2)49-35)42(56)50-39-44(58)53-40(46(59)65-47)30(24-67-45(39)53)19-54-17-15-31(20-54)52(16-18-54)43(57)34-13-14-36(62-22-28-5-9-32(60-3)10-6-28)41(37(34)48)63-23-29-7-11-33(61-4)12-8-29/h5-14,25,31,39,45H,15-24,47H2,1-4H3/p+1/b51-38-/t31-,39+,45+,54-/m0/s1. The summed E-state index contributed by atoms with van der Waals surface area (Å²) in [6.07, 6.45) is 0.721. The summed E-state index contributed by atoms with van der Waals surface area (Å²) in [6.45, 7) is 6.04. The summed E-state index contributed by atoms with van der Waals surface area (Å²) in [5, 5.41) is 8.53. The van der Waals surface area contributed by atoms with Crippen molar-refractivity contribution in [2.45, 2.75) is 50.9 Å². The number of aromatic nitrogens is 1. The van der Waals surface area contributed by atoms with E-state index in [2.05, 4.69) is 15.5 Å². The molecule has 0 radical (unpaired) electrons. The number of quaternary nitrogens is 1. The number of ketones is 1. The molecule has 5 heterocycles. The smallest absolute Gasteiger partial charge is 0.337 e. The number of halogens is 1. The maximum Gasteiger partial charge on any atom is 0.337 e. The molecule has 3 fully saturated rings. The molecular formula is C46H49BClN6O11S2+. The summed E-state index contributed by atoms with van der Waals surface area (Å²) in [6, 6.07) is 17.3. The van der Waals surface area contributed by atoms with Gasteiger partial charge >= 0.3 is 14.0 Å². The Labute approximate surface area is 401 Å². The summed E-state index contributed by atoms with van der Waals surface area (Å²) >= 11 is 9.85. The molecule has 1 N–H and O–H groups in total. The molecule has 21 heteroatoms. The van der Waals surface area contributed by atoms with E-state index < -0.39 is 29.2 Å². The fraction of sp³-hybridized carbons (Fsp3) is 0.370. The maximum atomic E-state index is 14.5. The lowest BCUT2D eigenvalue weighted by Crippen LogP contribution is -2.71. The van der Waals surface area contributed by atoms with E-state index in [4.69, 9.17) is 40.0 Å². The topological polar surface area (TPSA) is 184 Å². The summed E-state index contributed by atoms with van der Waals surface area (Å²) in [5.41, 5.74) is 3.06. The highest BCUT2D eigenvalue weighted by Crippen LogP contribution is 2.44. The van der Waals surface area contributed by atoms with Gasteiger partial charge < -0.3 is 43.1 Å². The van der Waals surface area contributed by atoms with Gasteiger partial charge in [0.1, 0.15) is 54.1 Å². The number of methoxy groups -OCH3 is 2. The van der Waals surface area contributed by atoms with Crippen LogP contribution in [0.15, 0.2) is 82.5 Å². The first kappa shape index (κ1) is 47.4. The summed E-state index contributed by atoms with van der Waals surface area (Å²) < 4.78 is 29.0. The van der Waals surface area contributed by atoms with E-state index >= 15 is 0 Å². The molecule has 4 atom stereocenters. The van der Waals surface area contributed by atoms with Crippen LogP contribution in [0.5, 0.6) is 23.0 Å². The number of thiazole rings is 1. The van der Waals surface area contributed by atoms with Gasteiger partial charge in [-0.05, 0) is 61.4 Å². The number of fused-ring (bicyclic) bond motifs is 3. The number of ether oxygens (including phenoxy) is 4. The van der Waals surface area contributed by atoms with Crippen molar-refractivity contribution in [3.8, 4) is 23.0 Å². The number of piperazine rings is 1. The normalized spacial score (nSPS) is 20.9. The number of thioether (sulfide) groups is 1. The van der Waals surface area contributed by atoms with Gasteiger partial charge in [0, 0.05) is 23.1 Å². The van der Waals surface area contributed by atoms with E-state index in [1.165, 1.54) is 43.0 Å². The van der Waals surface area contributed by atoms with E-state index in [1.807, 2.05) is 53.4 Å². The van der Waals surface area contributed by atoms with Crippen molar-refractivity contribution in [3.63, 3.8) is 0 Å². The first-order valence-corrected chi connectivity index (χ1v) is 23.8. The van der Waals surface area contributed by atoms with Gasteiger partial charge in [-0.25, -0.2) is 9.78 Å². The highest BCUT2D eigenvalue weighted by molar-refractivity contribution is 8.00. The Morgan fingerprint density at radius 1 is 0.970 bits per heavy atom. The summed E-state index contributed by atoms with van der Waals surface area (Å²) in [5.74, 6) is 0.158. The molecule has 4 aliphatic heterocycles. The lowest BCUT2D eigenvalue weighted by atomic mass is 10.0. The number of amides is 3. The Morgan fingerprint density at radius 3 is 2.28 bits per heavy atom. The Morgan fingerprint density at radius 2 is 1.66 bits per heavy atom. The lowest BCUT2D eigenvalue weighted by Gasteiger charge is -2.50. The van der Waals surface area contributed by atoms with Crippen LogP contribution >= 0.6 is 34.7 Å². The van der Waals surface area contributed by atoms with Crippen molar-refractivity contribution in [1.82, 2.24) is 20.1 Å². The number of nitrogens with one attached hydrogen (secondary N) is 1. The number of oxime groups is 1. The number of benzene rings is 3. The van der Waals surface area contributed by atoms with Crippen LogP contribution < -0.4 is 24.3 Å². The SMILES string of the molecule is BOC(=O)C1=C(C[N@@+]23CC[C@@H](C2)N(C(=O)c2ccc(OCc4ccc(OC)cc4)c(OCc4ccc(OC)cc4)c2Cl)CC3)CS[C@@H]2[C@H](NC(=O)/C(=N\OCC(C)=O)c3csc(C)n3)C(=O)N12. The summed E-state index contributed by atoms with van der Waals surface area (Å²) in [7, 11) is 4.48. The molecule has 4 aromatic rings. The molecular weight excluding hydrogens is 923 g/mol. The quantitative estimate of drug-likeness (QED) is 0.0496. The van der Waals surface area contributed by atoms with Crippen molar-refractivity contribution in [2.75, 3.05) is 59.3 Å². The van der Waals surface area contributed by atoms with Gasteiger partial charge in [-0.1, -0.05) is 41.0 Å². The molecule has 0 unspecified atom stereocenters. The zero-order valence-electron chi connectivity index (χ0n) is 37.6. The number of aryl methyl sites for hydroxylation is 1. The monoisotopic (exact) mass is 971 g/mol. The molecule has 17 nitrogen and oxygen atoms in total. The first-order chi connectivity index (χ1) is 32.3. The van der Waals surface area contributed by atoms with Crippen molar-refractivity contribution < 1.29 is 56.9 Å².